The summed E-state index contributed by atoms with van der Waals surface area (Å²) < 4.78 is 1.12. The van der Waals surface area contributed by atoms with E-state index < -0.39 is 0 Å². The van der Waals surface area contributed by atoms with Crippen molar-refractivity contribution in [2.24, 2.45) is 0 Å². The minimum atomic E-state index is 0.484. The molecule has 0 fully saturated rings. The Hall–Kier alpha value is -0.840. The lowest BCUT2D eigenvalue weighted by molar-refractivity contribution is 0.584. The highest BCUT2D eigenvalue weighted by Crippen LogP contribution is 2.31. The number of rotatable bonds is 5. The van der Waals surface area contributed by atoms with E-state index in [0.29, 0.717) is 6.04 Å². The van der Waals surface area contributed by atoms with Gasteiger partial charge >= 0.3 is 0 Å². The van der Waals surface area contributed by atoms with Crippen LogP contribution < -0.4 is 5.32 Å². The maximum absolute atomic E-state index is 4.05. The fourth-order valence-electron chi connectivity index (χ4n) is 1.63. The smallest absolute Gasteiger partial charge is 0.0279 e. The van der Waals surface area contributed by atoms with Gasteiger partial charge in [0.1, 0.15) is 0 Å². The summed E-state index contributed by atoms with van der Waals surface area (Å²) in [5, 5.41) is 3.47. The molecule has 0 radical (unpaired) electrons. The third-order valence-electron chi connectivity index (χ3n) is 2.60. The van der Waals surface area contributed by atoms with E-state index in [0.717, 1.165) is 11.0 Å². The summed E-state index contributed by atoms with van der Waals surface area (Å²) >= 11 is 5.32. The number of aromatic nitrogens is 1. The van der Waals surface area contributed by atoms with Crippen molar-refractivity contribution < 1.29 is 0 Å². The predicted molar refractivity (Wildman–Crippen MR) is 84.5 cm³/mol. The second-order valence-electron chi connectivity index (χ2n) is 4.57. The van der Waals surface area contributed by atoms with Crippen molar-refractivity contribution >= 4 is 27.7 Å². The average molecular weight is 337 g/mol. The molecule has 2 rings (SSSR count). The topological polar surface area (TPSA) is 24.9 Å². The van der Waals surface area contributed by atoms with Crippen LogP contribution in [-0.2, 0) is 6.54 Å². The van der Waals surface area contributed by atoms with Crippen molar-refractivity contribution in [3.05, 3.63) is 52.8 Å². The molecule has 0 aliphatic heterocycles. The number of benzene rings is 1. The van der Waals surface area contributed by atoms with Gasteiger partial charge in [-0.1, -0.05) is 41.5 Å². The molecule has 0 saturated carbocycles. The number of hydrogen-bond donors (Lipinski definition) is 1. The Kier molecular flexibility index (Phi) is 5.43. The molecule has 1 heterocycles. The van der Waals surface area contributed by atoms with E-state index in [-0.39, 0.29) is 0 Å². The van der Waals surface area contributed by atoms with E-state index in [1.54, 1.807) is 11.8 Å². The van der Waals surface area contributed by atoms with Gasteiger partial charge in [-0.2, -0.15) is 0 Å². The molecule has 0 aliphatic rings. The summed E-state index contributed by atoms with van der Waals surface area (Å²) in [6, 6.07) is 11.0. The summed E-state index contributed by atoms with van der Waals surface area (Å²) in [6.07, 6.45) is 3.65. The summed E-state index contributed by atoms with van der Waals surface area (Å²) in [7, 11) is 0. The molecule has 4 heteroatoms. The highest BCUT2D eigenvalue weighted by molar-refractivity contribution is 9.10. The van der Waals surface area contributed by atoms with Gasteiger partial charge in [-0.25, -0.2) is 0 Å². The number of hydrogen-bond acceptors (Lipinski definition) is 3. The van der Waals surface area contributed by atoms with Crippen LogP contribution in [-0.4, -0.2) is 11.0 Å². The third kappa shape index (κ3) is 4.64. The number of halogens is 1. The van der Waals surface area contributed by atoms with E-state index >= 15 is 0 Å². The summed E-state index contributed by atoms with van der Waals surface area (Å²) in [5.74, 6) is 0. The standard InChI is InChI=1S/C15H17BrN2S/c1-11(2)18-10-12-9-13(16)3-4-15(12)19-14-5-7-17-8-6-14/h3-9,11,18H,10H2,1-2H3. The van der Waals surface area contributed by atoms with Crippen LogP contribution in [0.15, 0.2) is 57.0 Å². The van der Waals surface area contributed by atoms with E-state index in [1.165, 1.54) is 15.4 Å². The average Bonchev–Trinajstić information content (AvgIpc) is 2.40. The van der Waals surface area contributed by atoms with Gasteiger partial charge in [0.05, 0.1) is 0 Å². The molecule has 2 aromatic rings. The van der Waals surface area contributed by atoms with E-state index in [4.69, 9.17) is 0 Å². The minimum Gasteiger partial charge on any atom is -0.310 e. The van der Waals surface area contributed by atoms with Crippen molar-refractivity contribution in [2.75, 3.05) is 0 Å². The van der Waals surface area contributed by atoms with Gasteiger partial charge in [-0.3, -0.25) is 4.98 Å². The second kappa shape index (κ2) is 7.08. The van der Waals surface area contributed by atoms with E-state index in [2.05, 4.69) is 58.3 Å². The Bertz CT molecular complexity index is 529. The molecular weight excluding hydrogens is 320 g/mol. The van der Waals surface area contributed by atoms with Crippen molar-refractivity contribution in [2.45, 2.75) is 36.2 Å². The zero-order valence-electron chi connectivity index (χ0n) is 11.1. The fraction of sp³-hybridized carbons (Fsp3) is 0.267. The molecule has 1 aromatic carbocycles. The largest absolute Gasteiger partial charge is 0.310 e. The normalized spacial score (nSPS) is 10.9. The first-order chi connectivity index (χ1) is 9.15. The van der Waals surface area contributed by atoms with E-state index in [9.17, 15) is 0 Å². The lowest BCUT2D eigenvalue weighted by Gasteiger charge is -2.13. The Labute approximate surface area is 127 Å². The van der Waals surface area contributed by atoms with Gasteiger partial charge in [0, 0.05) is 39.2 Å². The first kappa shape index (κ1) is 14.6. The first-order valence-electron chi connectivity index (χ1n) is 6.25. The van der Waals surface area contributed by atoms with Gasteiger partial charge in [0.15, 0.2) is 0 Å². The number of nitrogens with one attached hydrogen (secondary N) is 1. The molecule has 0 spiro atoms. The second-order valence-corrected chi connectivity index (χ2v) is 6.60. The van der Waals surface area contributed by atoms with Crippen LogP contribution in [0.1, 0.15) is 19.4 Å². The van der Waals surface area contributed by atoms with Crippen LogP contribution >= 0.6 is 27.7 Å². The molecule has 0 atom stereocenters. The van der Waals surface area contributed by atoms with E-state index in [1.807, 2.05) is 24.5 Å². The Morgan fingerprint density at radius 1 is 1.21 bits per heavy atom. The van der Waals surface area contributed by atoms with Crippen LogP contribution in [0.25, 0.3) is 0 Å². The van der Waals surface area contributed by atoms with Crippen molar-refractivity contribution in [3.63, 3.8) is 0 Å². The minimum absolute atomic E-state index is 0.484. The zero-order chi connectivity index (χ0) is 13.7. The predicted octanol–water partition coefficient (Wildman–Crippen LogP) is 4.49. The molecule has 0 bridgehead atoms. The molecule has 19 heavy (non-hydrogen) atoms. The fourth-order valence-corrected chi connectivity index (χ4v) is 2.95. The van der Waals surface area contributed by atoms with Crippen molar-refractivity contribution in [3.8, 4) is 0 Å². The SMILES string of the molecule is CC(C)NCc1cc(Br)ccc1Sc1ccncc1. The zero-order valence-corrected chi connectivity index (χ0v) is 13.5. The van der Waals surface area contributed by atoms with Gasteiger partial charge in [0.2, 0.25) is 0 Å². The Morgan fingerprint density at radius 2 is 1.95 bits per heavy atom. The maximum Gasteiger partial charge on any atom is 0.0279 e. The monoisotopic (exact) mass is 336 g/mol. The molecule has 0 saturated heterocycles. The van der Waals surface area contributed by atoms with Crippen molar-refractivity contribution in [1.29, 1.82) is 0 Å². The van der Waals surface area contributed by atoms with Crippen molar-refractivity contribution in [1.82, 2.24) is 10.3 Å². The molecular formula is C15H17BrN2S. The van der Waals surface area contributed by atoms with Gasteiger partial charge in [-0.05, 0) is 35.9 Å². The summed E-state index contributed by atoms with van der Waals surface area (Å²) in [5.41, 5.74) is 1.31. The molecule has 0 unspecified atom stereocenters. The molecule has 0 aliphatic carbocycles. The Morgan fingerprint density at radius 3 is 2.63 bits per heavy atom. The van der Waals surface area contributed by atoms with Crippen LogP contribution in [0.3, 0.4) is 0 Å². The molecule has 1 aromatic heterocycles. The molecule has 1 N–H and O–H groups in total. The van der Waals surface area contributed by atoms with Gasteiger partial charge < -0.3 is 5.32 Å². The number of pyridine rings is 1. The van der Waals surface area contributed by atoms with Crippen LogP contribution in [0.4, 0.5) is 0 Å². The maximum atomic E-state index is 4.05. The van der Waals surface area contributed by atoms with Crippen LogP contribution in [0.5, 0.6) is 0 Å². The van der Waals surface area contributed by atoms with Gasteiger partial charge in [-0.15, -0.1) is 0 Å². The quantitative estimate of drug-likeness (QED) is 0.870. The summed E-state index contributed by atoms with van der Waals surface area (Å²) in [6.45, 7) is 5.20. The molecule has 0 amide bonds. The molecule has 2 nitrogen and oxygen atoms in total. The number of nitrogens with zero attached hydrogens (tertiary/aromatic N) is 1. The van der Waals surface area contributed by atoms with Crippen LogP contribution in [0, 0.1) is 0 Å². The first-order valence-corrected chi connectivity index (χ1v) is 7.86. The molecule has 100 valence electrons. The van der Waals surface area contributed by atoms with Gasteiger partial charge in [0.25, 0.3) is 0 Å². The highest BCUT2D eigenvalue weighted by atomic mass is 79.9. The summed E-state index contributed by atoms with van der Waals surface area (Å²) in [4.78, 5) is 6.54. The Balaban J connectivity index is 2.19. The highest BCUT2D eigenvalue weighted by Gasteiger charge is 2.06. The lowest BCUT2D eigenvalue weighted by Crippen LogP contribution is -2.22. The third-order valence-corrected chi connectivity index (χ3v) is 4.22. The van der Waals surface area contributed by atoms with Crippen LogP contribution in [0.2, 0.25) is 0 Å². The lowest BCUT2D eigenvalue weighted by atomic mass is 10.2.